The van der Waals surface area contributed by atoms with Gasteiger partial charge in [-0.1, -0.05) is 12.1 Å². The molecule has 0 aliphatic carbocycles. The minimum Gasteiger partial charge on any atom is -0.465 e. The number of carbonyl (C=O) groups excluding carboxylic acids is 1. The van der Waals surface area contributed by atoms with E-state index in [1.54, 1.807) is 6.07 Å². The highest BCUT2D eigenvalue weighted by Crippen LogP contribution is 2.28. The number of benzene rings is 1. The zero-order valence-electron chi connectivity index (χ0n) is 13.4. The zero-order valence-corrected chi connectivity index (χ0v) is 13.4. The molecule has 0 saturated carbocycles. The Bertz CT molecular complexity index is 649. The molecule has 23 heavy (non-hydrogen) atoms. The molecule has 1 aromatic carbocycles. The van der Waals surface area contributed by atoms with Crippen molar-refractivity contribution in [3.05, 3.63) is 65.5 Å². The fourth-order valence-corrected chi connectivity index (χ4v) is 3.23. The van der Waals surface area contributed by atoms with Crippen LogP contribution in [-0.2, 0) is 11.3 Å². The van der Waals surface area contributed by atoms with E-state index in [1.165, 1.54) is 25.5 Å². The molecule has 2 heterocycles. The van der Waals surface area contributed by atoms with Crippen LogP contribution < -0.4 is 0 Å². The van der Waals surface area contributed by atoms with Gasteiger partial charge in [-0.05, 0) is 67.2 Å². The molecule has 0 N–H and O–H groups in total. The number of pyridine rings is 1. The summed E-state index contributed by atoms with van der Waals surface area (Å²) in [5, 5.41) is 0. The van der Waals surface area contributed by atoms with Crippen molar-refractivity contribution >= 4 is 5.97 Å². The van der Waals surface area contributed by atoms with Crippen LogP contribution in [0.5, 0.6) is 0 Å². The summed E-state index contributed by atoms with van der Waals surface area (Å²) in [6.07, 6.45) is 6.08. The first-order valence-corrected chi connectivity index (χ1v) is 8.06. The van der Waals surface area contributed by atoms with Crippen molar-refractivity contribution in [2.24, 2.45) is 0 Å². The highest BCUT2D eigenvalue weighted by atomic mass is 16.5. The van der Waals surface area contributed by atoms with Crippen LogP contribution >= 0.6 is 0 Å². The second kappa shape index (κ2) is 7.38. The Labute approximate surface area is 137 Å². The third-order valence-electron chi connectivity index (χ3n) is 4.52. The Morgan fingerprint density at radius 2 is 1.96 bits per heavy atom. The molecule has 0 bridgehead atoms. The number of aromatic nitrogens is 1. The Morgan fingerprint density at radius 3 is 2.65 bits per heavy atom. The fourth-order valence-electron chi connectivity index (χ4n) is 3.23. The number of hydrogen-bond donors (Lipinski definition) is 0. The maximum atomic E-state index is 11.6. The van der Waals surface area contributed by atoms with Gasteiger partial charge in [0.05, 0.1) is 12.7 Å². The highest BCUT2D eigenvalue weighted by Gasteiger charge is 2.20. The van der Waals surface area contributed by atoms with E-state index in [-0.39, 0.29) is 5.97 Å². The third-order valence-corrected chi connectivity index (χ3v) is 4.52. The maximum Gasteiger partial charge on any atom is 0.337 e. The molecule has 0 unspecified atom stereocenters. The van der Waals surface area contributed by atoms with Gasteiger partial charge in [0.2, 0.25) is 0 Å². The van der Waals surface area contributed by atoms with E-state index < -0.39 is 0 Å². The number of esters is 1. The topological polar surface area (TPSA) is 42.4 Å². The van der Waals surface area contributed by atoms with Gasteiger partial charge in [-0.2, -0.15) is 0 Å². The Balaban J connectivity index is 1.58. The van der Waals surface area contributed by atoms with Crippen LogP contribution in [0.4, 0.5) is 0 Å². The van der Waals surface area contributed by atoms with Crippen LogP contribution in [0.1, 0.15) is 40.2 Å². The lowest BCUT2D eigenvalue weighted by molar-refractivity contribution is 0.0600. The standard InChI is InChI=1S/C19H22N2O2/c1-23-19(22)18-4-2-3-15(13-18)14-21-11-7-17(8-12-21)16-5-9-20-10-6-16/h2-6,9-10,13,17H,7-8,11-12,14H2,1H3. The summed E-state index contributed by atoms with van der Waals surface area (Å²) in [4.78, 5) is 18.2. The molecule has 1 aliphatic heterocycles. The van der Waals surface area contributed by atoms with Gasteiger partial charge < -0.3 is 4.74 Å². The van der Waals surface area contributed by atoms with Gasteiger partial charge in [-0.15, -0.1) is 0 Å². The number of likely N-dealkylation sites (tertiary alicyclic amines) is 1. The van der Waals surface area contributed by atoms with Crippen LogP contribution in [0.2, 0.25) is 0 Å². The maximum absolute atomic E-state index is 11.6. The average molecular weight is 310 g/mol. The molecule has 0 spiro atoms. The number of rotatable bonds is 4. The van der Waals surface area contributed by atoms with Gasteiger partial charge in [0.1, 0.15) is 0 Å². The molecule has 1 fully saturated rings. The van der Waals surface area contributed by atoms with E-state index >= 15 is 0 Å². The molecule has 120 valence electrons. The molecular formula is C19H22N2O2. The monoisotopic (exact) mass is 310 g/mol. The van der Waals surface area contributed by atoms with E-state index in [4.69, 9.17) is 4.74 Å². The molecule has 1 saturated heterocycles. The number of nitrogens with zero attached hydrogens (tertiary/aromatic N) is 2. The van der Waals surface area contributed by atoms with E-state index in [0.29, 0.717) is 11.5 Å². The van der Waals surface area contributed by atoms with Gasteiger partial charge in [0.15, 0.2) is 0 Å². The van der Waals surface area contributed by atoms with Gasteiger partial charge in [0, 0.05) is 18.9 Å². The van der Waals surface area contributed by atoms with Crippen molar-refractivity contribution in [1.29, 1.82) is 0 Å². The van der Waals surface area contributed by atoms with E-state index in [9.17, 15) is 4.79 Å². The number of ether oxygens (including phenoxy) is 1. The van der Waals surface area contributed by atoms with Crippen molar-refractivity contribution in [3.63, 3.8) is 0 Å². The first-order valence-electron chi connectivity index (χ1n) is 8.06. The lowest BCUT2D eigenvalue weighted by Gasteiger charge is -2.32. The summed E-state index contributed by atoms with van der Waals surface area (Å²) < 4.78 is 4.79. The van der Waals surface area contributed by atoms with Gasteiger partial charge in [-0.25, -0.2) is 4.79 Å². The summed E-state index contributed by atoms with van der Waals surface area (Å²) in [5.41, 5.74) is 3.18. The predicted octanol–water partition coefficient (Wildman–Crippen LogP) is 3.25. The minimum atomic E-state index is -0.275. The molecule has 1 aliphatic rings. The van der Waals surface area contributed by atoms with Crippen molar-refractivity contribution in [3.8, 4) is 0 Å². The van der Waals surface area contributed by atoms with Crippen LogP contribution in [0.3, 0.4) is 0 Å². The SMILES string of the molecule is COC(=O)c1cccc(CN2CCC(c3ccncc3)CC2)c1. The molecule has 3 rings (SSSR count). The predicted molar refractivity (Wildman–Crippen MR) is 89.3 cm³/mol. The van der Waals surface area contributed by atoms with Crippen LogP contribution in [0.25, 0.3) is 0 Å². The summed E-state index contributed by atoms with van der Waals surface area (Å²) >= 11 is 0. The molecule has 0 atom stereocenters. The van der Waals surface area contributed by atoms with E-state index in [0.717, 1.165) is 25.2 Å². The first kappa shape index (κ1) is 15.7. The average Bonchev–Trinajstić information content (AvgIpc) is 2.62. The van der Waals surface area contributed by atoms with Gasteiger partial charge >= 0.3 is 5.97 Å². The second-order valence-electron chi connectivity index (χ2n) is 6.02. The third kappa shape index (κ3) is 3.96. The molecule has 4 heteroatoms. The number of piperidine rings is 1. The van der Waals surface area contributed by atoms with E-state index in [2.05, 4.69) is 28.1 Å². The normalized spacial score (nSPS) is 16.2. The lowest BCUT2D eigenvalue weighted by atomic mass is 9.90. The second-order valence-corrected chi connectivity index (χ2v) is 6.02. The summed E-state index contributed by atoms with van der Waals surface area (Å²) in [6.45, 7) is 3.04. The van der Waals surface area contributed by atoms with Crippen LogP contribution in [-0.4, -0.2) is 36.1 Å². The Kier molecular flexibility index (Phi) is 5.03. The van der Waals surface area contributed by atoms with Crippen molar-refractivity contribution in [2.45, 2.75) is 25.3 Å². The van der Waals surface area contributed by atoms with Crippen molar-refractivity contribution in [1.82, 2.24) is 9.88 Å². The number of methoxy groups -OCH3 is 1. The highest BCUT2D eigenvalue weighted by molar-refractivity contribution is 5.89. The smallest absolute Gasteiger partial charge is 0.337 e. The summed E-state index contributed by atoms with van der Waals surface area (Å²) in [7, 11) is 1.42. The molecule has 0 radical (unpaired) electrons. The van der Waals surface area contributed by atoms with Crippen LogP contribution in [0, 0.1) is 0 Å². The molecule has 1 aromatic heterocycles. The summed E-state index contributed by atoms with van der Waals surface area (Å²) in [5.74, 6) is 0.360. The molecular weight excluding hydrogens is 288 g/mol. The molecule has 2 aromatic rings. The first-order chi connectivity index (χ1) is 11.3. The lowest BCUT2D eigenvalue weighted by Crippen LogP contribution is -2.32. The quantitative estimate of drug-likeness (QED) is 0.813. The number of carbonyl (C=O) groups is 1. The van der Waals surface area contributed by atoms with Crippen molar-refractivity contribution in [2.75, 3.05) is 20.2 Å². The molecule has 0 amide bonds. The Hall–Kier alpha value is -2.20. The minimum absolute atomic E-state index is 0.275. The van der Waals surface area contributed by atoms with Crippen molar-refractivity contribution < 1.29 is 9.53 Å². The zero-order chi connectivity index (χ0) is 16.1. The van der Waals surface area contributed by atoms with Gasteiger partial charge in [0.25, 0.3) is 0 Å². The Morgan fingerprint density at radius 1 is 1.22 bits per heavy atom. The van der Waals surface area contributed by atoms with E-state index in [1.807, 2.05) is 24.5 Å². The largest absolute Gasteiger partial charge is 0.465 e. The fraction of sp³-hybridized carbons (Fsp3) is 0.368. The number of hydrogen-bond acceptors (Lipinski definition) is 4. The summed E-state index contributed by atoms with van der Waals surface area (Å²) in [6, 6.07) is 12.0. The van der Waals surface area contributed by atoms with Crippen LogP contribution in [0.15, 0.2) is 48.8 Å². The molecule has 4 nitrogen and oxygen atoms in total. The van der Waals surface area contributed by atoms with Gasteiger partial charge in [-0.3, -0.25) is 9.88 Å².